The number of carbonyl (C=O) groups excluding carboxylic acids is 4. The maximum Gasteiger partial charge on any atom is 0.326 e. The molecular formula is C26H33N5O7S. The molecule has 0 radical (unpaired) electrons. The third-order valence-electron chi connectivity index (χ3n) is 5.75. The van der Waals surface area contributed by atoms with Gasteiger partial charge in [0.05, 0.1) is 6.04 Å². The summed E-state index contributed by atoms with van der Waals surface area (Å²) in [6.07, 6.45) is -0.265. The van der Waals surface area contributed by atoms with Crippen LogP contribution in [0.2, 0.25) is 0 Å². The minimum Gasteiger partial charge on any atom is -0.508 e. The first-order valence-corrected chi connectivity index (χ1v) is 12.7. The SMILES string of the molecule is NC(=O)CCC(NC(=O)C(CS)NC(=O)C(Cc1ccc(O)cc1)NC(=O)C(N)Cc1ccccc1)C(=O)O. The lowest BCUT2D eigenvalue weighted by Gasteiger charge is -2.24. The number of phenols is 1. The zero-order valence-corrected chi connectivity index (χ0v) is 22.0. The molecule has 0 aromatic heterocycles. The molecule has 2 aromatic carbocycles. The summed E-state index contributed by atoms with van der Waals surface area (Å²) >= 11 is 4.09. The second kappa shape index (κ2) is 15.3. The number of carboxylic acid groups (broad SMARTS) is 1. The van der Waals surface area contributed by atoms with Gasteiger partial charge in [-0.15, -0.1) is 0 Å². The number of rotatable bonds is 15. The summed E-state index contributed by atoms with van der Waals surface area (Å²) in [5.74, 6) is -4.45. The van der Waals surface area contributed by atoms with E-state index in [1.54, 1.807) is 12.1 Å². The van der Waals surface area contributed by atoms with Crippen molar-refractivity contribution < 1.29 is 34.2 Å². The predicted octanol–water partition coefficient (Wildman–Crippen LogP) is -0.761. The third-order valence-corrected chi connectivity index (χ3v) is 6.12. The monoisotopic (exact) mass is 559 g/mol. The number of primary amides is 1. The topological polar surface area (TPSA) is 214 Å². The van der Waals surface area contributed by atoms with E-state index in [1.807, 2.05) is 30.3 Å². The van der Waals surface area contributed by atoms with Gasteiger partial charge in [0.25, 0.3) is 0 Å². The molecule has 210 valence electrons. The summed E-state index contributed by atoms with van der Waals surface area (Å²) in [5.41, 5.74) is 12.6. The zero-order chi connectivity index (χ0) is 28.9. The second-order valence-electron chi connectivity index (χ2n) is 8.88. The second-order valence-corrected chi connectivity index (χ2v) is 9.24. The Morgan fingerprint density at radius 1 is 0.769 bits per heavy atom. The van der Waals surface area contributed by atoms with Crippen LogP contribution in [0.15, 0.2) is 54.6 Å². The van der Waals surface area contributed by atoms with Crippen LogP contribution in [-0.4, -0.2) is 69.7 Å². The molecule has 4 unspecified atom stereocenters. The van der Waals surface area contributed by atoms with Crippen LogP contribution in [0.1, 0.15) is 24.0 Å². The molecule has 0 aliphatic rings. The fourth-order valence-corrected chi connectivity index (χ4v) is 3.86. The molecule has 2 rings (SSSR count). The molecule has 13 heteroatoms. The largest absolute Gasteiger partial charge is 0.508 e. The minimum atomic E-state index is -1.41. The highest BCUT2D eigenvalue weighted by molar-refractivity contribution is 7.80. The van der Waals surface area contributed by atoms with Gasteiger partial charge in [-0.3, -0.25) is 19.2 Å². The molecule has 0 heterocycles. The fourth-order valence-electron chi connectivity index (χ4n) is 3.60. The van der Waals surface area contributed by atoms with Gasteiger partial charge >= 0.3 is 5.97 Å². The number of carbonyl (C=O) groups is 5. The van der Waals surface area contributed by atoms with Gasteiger partial charge in [0.2, 0.25) is 23.6 Å². The number of thiol groups is 1. The van der Waals surface area contributed by atoms with Gasteiger partial charge in [-0.1, -0.05) is 42.5 Å². The van der Waals surface area contributed by atoms with E-state index in [4.69, 9.17) is 11.5 Å². The van der Waals surface area contributed by atoms with Crippen LogP contribution in [0.5, 0.6) is 5.75 Å². The molecule has 9 N–H and O–H groups in total. The summed E-state index contributed by atoms with van der Waals surface area (Å²) < 4.78 is 0. The van der Waals surface area contributed by atoms with Gasteiger partial charge in [0.15, 0.2) is 0 Å². The molecule has 0 aliphatic carbocycles. The van der Waals surface area contributed by atoms with Crippen molar-refractivity contribution in [3.63, 3.8) is 0 Å². The maximum atomic E-state index is 13.2. The van der Waals surface area contributed by atoms with Crippen molar-refractivity contribution in [3.05, 3.63) is 65.7 Å². The molecule has 0 saturated heterocycles. The molecule has 0 saturated carbocycles. The number of carboxylic acids is 1. The fraction of sp³-hybridized carbons (Fsp3) is 0.346. The van der Waals surface area contributed by atoms with Crippen molar-refractivity contribution in [2.24, 2.45) is 11.5 Å². The predicted molar refractivity (Wildman–Crippen MR) is 146 cm³/mol. The van der Waals surface area contributed by atoms with Gasteiger partial charge in [-0.05, 0) is 36.1 Å². The number of hydrogen-bond acceptors (Lipinski definition) is 8. The molecule has 39 heavy (non-hydrogen) atoms. The number of hydrogen-bond donors (Lipinski definition) is 8. The van der Waals surface area contributed by atoms with E-state index >= 15 is 0 Å². The first kappa shape index (κ1) is 31.1. The maximum absolute atomic E-state index is 13.2. The van der Waals surface area contributed by atoms with Gasteiger partial charge in [0, 0.05) is 18.6 Å². The number of benzene rings is 2. The zero-order valence-electron chi connectivity index (χ0n) is 21.1. The molecule has 0 bridgehead atoms. The molecule has 4 amide bonds. The first-order chi connectivity index (χ1) is 18.5. The molecular weight excluding hydrogens is 526 g/mol. The number of nitrogens with one attached hydrogen (secondary N) is 3. The highest BCUT2D eigenvalue weighted by Crippen LogP contribution is 2.12. The quantitative estimate of drug-likeness (QED) is 0.130. The number of aromatic hydroxyl groups is 1. The van der Waals surface area contributed by atoms with E-state index in [0.29, 0.717) is 5.56 Å². The smallest absolute Gasteiger partial charge is 0.326 e. The van der Waals surface area contributed by atoms with E-state index in [9.17, 15) is 34.2 Å². The van der Waals surface area contributed by atoms with Crippen LogP contribution >= 0.6 is 12.6 Å². The number of amides is 4. The van der Waals surface area contributed by atoms with Crippen LogP contribution in [0.25, 0.3) is 0 Å². The minimum absolute atomic E-state index is 0.00713. The lowest BCUT2D eigenvalue weighted by atomic mass is 10.0. The van der Waals surface area contributed by atoms with Crippen LogP contribution in [-0.2, 0) is 36.8 Å². The number of phenolic OH excluding ortho intramolecular Hbond substituents is 1. The van der Waals surface area contributed by atoms with Crippen LogP contribution in [0.3, 0.4) is 0 Å². The van der Waals surface area contributed by atoms with Crippen LogP contribution in [0, 0.1) is 0 Å². The summed E-state index contributed by atoms with van der Waals surface area (Å²) in [4.78, 5) is 61.4. The molecule has 0 aliphatic heterocycles. The van der Waals surface area contributed by atoms with Crippen molar-refractivity contribution in [3.8, 4) is 5.75 Å². The van der Waals surface area contributed by atoms with Gasteiger partial charge < -0.3 is 37.6 Å². The van der Waals surface area contributed by atoms with Crippen LogP contribution < -0.4 is 27.4 Å². The van der Waals surface area contributed by atoms with E-state index in [2.05, 4.69) is 28.6 Å². The average molecular weight is 560 g/mol. The van der Waals surface area contributed by atoms with Gasteiger partial charge in [-0.2, -0.15) is 12.6 Å². The Labute approximate surface area is 230 Å². The van der Waals surface area contributed by atoms with Crippen LogP contribution in [0.4, 0.5) is 0 Å². The Morgan fingerprint density at radius 3 is 1.87 bits per heavy atom. The summed E-state index contributed by atoms with van der Waals surface area (Å²) in [7, 11) is 0. The molecule has 12 nitrogen and oxygen atoms in total. The van der Waals surface area contributed by atoms with Crippen molar-refractivity contribution in [1.29, 1.82) is 0 Å². The van der Waals surface area contributed by atoms with Crippen molar-refractivity contribution in [2.45, 2.75) is 49.9 Å². The van der Waals surface area contributed by atoms with Crippen molar-refractivity contribution in [2.75, 3.05) is 5.75 Å². The Balaban J connectivity index is 2.15. The Hall–Kier alpha value is -4.10. The highest BCUT2D eigenvalue weighted by atomic mass is 32.1. The first-order valence-electron chi connectivity index (χ1n) is 12.1. The van der Waals surface area contributed by atoms with Crippen molar-refractivity contribution in [1.82, 2.24) is 16.0 Å². The standard InChI is InChI=1S/C26H33N5O7S/c27-18(12-15-4-2-1-3-5-15)23(34)30-20(13-16-6-8-17(32)9-7-16)24(35)31-21(14-39)25(36)29-19(26(37)38)10-11-22(28)33/h1-9,18-21,32,39H,10-14,27H2,(H2,28,33)(H,29,36)(H,30,34)(H,31,35)(H,37,38). The molecule has 0 spiro atoms. The summed E-state index contributed by atoms with van der Waals surface area (Å²) in [6, 6.07) is 10.3. The highest BCUT2D eigenvalue weighted by Gasteiger charge is 2.30. The van der Waals surface area contributed by atoms with E-state index in [1.165, 1.54) is 12.1 Å². The van der Waals surface area contributed by atoms with Crippen molar-refractivity contribution >= 4 is 42.2 Å². The molecule has 4 atom stereocenters. The summed E-state index contributed by atoms with van der Waals surface area (Å²) in [5, 5.41) is 26.3. The Kier molecular flexibility index (Phi) is 12.2. The molecule has 2 aromatic rings. The van der Waals surface area contributed by atoms with E-state index in [-0.39, 0.29) is 37.2 Å². The van der Waals surface area contributed by atoms with E-state index in [0.717, 1.165) is 5.56 Å². The van der Waals surface area contributed by atoms with Gasteiger partial charge in [0.1, 0.15) is 23.9 Å². The number of nitrogens with two attached hydrogens (primary N) is 2. The molecule has 0 fully saturated rings. The summed E-state index contributed by atoms with van der Waals surface area (Å²) in [6.45, 7) is 0. The normalized spacial score (nSPS) is 13.8. The average Bonchev–Trinajstić information content (AvgIpc) is 2.90. The third kappa shape index (κ3) is 10.7. The number of aliphatic carboxylic acids is 1. The van der Waals surface area contributed by atoms with E-state index < -0.39 is 53.8 Å². The Bertz CT molecular complexity index is 1150. The lowest BCUT2D eigenvalue weighted by Crippen LogP contribution is -2.58. The van der Waals surface area contributed by atoms with Gasteiger partial charge in [-0.25, -0.2) is 4.79 Å². The Morgan fingerprint density at radius 2 is 1.31 bits per heavy atom. The lowest BCUT2D eigenvalue weighted by molar-refractivity contribution is -0.142.